The second kappa shape index (κ2) is 35.4. The lowest BCUT2D eigenvalue weighted by Gasteiger charge is -2.28. The Morgan fingerprint density at radius 2 is 0.979 bits per heavy atom. The van der Waals surface area contributed by atoms with Gasteiger partial charge in [-0.1, -0.05) is 152 Å². The average molecular weight is 650 g/mol. The van der Waals surface area contributed by atoms with Gasteiger partial charge in [-0.15, -0.1) is 0 Å². The van der Waals surface area contributed by atoms with E-state index in [2.05, 4.69) is 84.4 Å². The Morgan fingerprint density at radius 1 is 0.553 bits per heavy atom. The van der Waals surface area contributed by atoms with Crippen LogP contribution in [0.4, 0.5) is 0 Å². The Balaban J connectivity index is 2.15. The van der Waals surface area contributed by atoms with Gasteiger partial charge in [0.05, 0.1) is 6.33 Å². The van der Waals surface area contributed by atoms with E-state index in [-0.39, 0.29) is 0 Å². The third-order valence-corrected chi connectivity index (χ3v) is 9.61. The number of aryl methyl sites for hydroxylation is 1. The number of imidazole rings is 1. The maximum Gasteiger partial charge on any atom is 0.0921 e. The number of hydrogen-bond donors (Lipinski definition) is 1. The highest BCUT2D eigenvalue weighted by Gasteiger charge is 2.14. The molecule has 0 spiro atoms. The van der Waals surface area contributed by atoms with Crippen molar-refractivity contribution in [3.8, 4) is 0 Å². The number of aromatic nitrogens is 2. The van der Waals surface area contributed by atoms with Gasteiger partial charge in [0.15, 0.2) is 0 Å². The molecule has 0 bridgehead atoms. The zero-order valence-corrected chi connectivity index (χ0v) is 31.8. The highest BCUT2D eigenvalue weighted by Crippen LogP contribution is 2.19. The second-order valence-electron chi connectivity index (χ2n) is 14.1. The Bertz CT molecular complexity index is 801. The van der Waals surface area contributed by atoms with Crippen molar-refractivity contribution in [3.05, 3.63) is 66.8 Å². The average Bonchev–Trinajstić information content (AvgIpc) is 3.60. The third kappa shape index (κ3) is 30.0. The molecule has 1 rings (SSSR count). The third-order valence-electron chi connectivity index (χ3n) is 9.61. The van der Waals surface area contributed by atoms with Gasteiger partial charge in [0.1, 0.15) is 0 Å². The molecule has 1 aromatic rings. The van der Waals surface area contributed by atoms with E-state index in [0.29, 0.717) is 0 Å². The van der Waals surface area contributed by atoms with Crippen molar-refractivity contribution in [1.82, 2.24) is 14.9 Å². The zero-order chi connectivity index (χ0) is 33.7. The van der Waals surface area contributed by atoms with Crippen LogP contribution < -0.4 is 0 Å². The molecular weight excluding hydrogens is 571 g/mol. The SMILES string of the molecule is CCCCC/C=C\C/C=C\CCCCCCCCC(CCCCCCCC/C=C\C/C=C\CCCCC)N(C)CCCc1cnc[nH]1. The summed E-state index contributed by atoms with van der Waals surface area (Å²) in [7, 11) is 2.38. The van der Waals surface area contributed by atoms with Crippen molar-refractivity contribution in [2.75, 3.05) is 13.6 Å². The first-order chi connectivity index (χ1) is 23.3. The minimum atomic E-state index is 0.744. The van der Waals surface area contributed by atoms with Crippen molar-refractivity contribution in [1.29, 1.82) is 0 Å². The molecule has 3 nitrogen and oxygen atoms in total. The second-order valence-corrected chi connectivity index (χ2v) is 14.1. The molecule has 1 aromatic heterocycles. The van der Waals surface area contributed by atoms with E-state index in [1.54, 1.807) is 6.33 Å². The van der Waals surface area contributed by atoms with E-state index < -0.39 is 0 Å². The van der Waals surface area contributed by atoms with Crippen LogP contribution in [0.2, 0.25) is 0 Å². The Hall–Kier alpha value is -1.87. The summed E-state index contributed by atoms with van der Waals surface area (Å²) in [6.45, 7) is 5.73. The first kappa shape index (κ1) is 43.2. The van der Waals surface area contributed by atoms with Crippen LogP contribution in [0.5, 0.6) is 0 Å². The van der Waals surface area contributed by atoms with Gasteiger partial charge in [0, 0.05) is 17.9 Å². The van der Waals surface area contributed by atoms with E-state index in [9.17, 15) is 0 Å². The summed E-state index contributed by atoms with van der Waals surface area (Å²) in [5.74, 6) is 0. The molecule has 1 heterocycles. The van der Waals surface area contributed by atoms with Gasteiger partial charge in [0.2, 0.25) is 0 Å². The predicted molar refractivity (Wildman–Crippen MR) is 211 cm³/mol. The molecule has 0 radical (unpaired) electrons. The molecule has 0 saturated carbocycles. The molecule has 0 unspecified atom stereocenters. The maximum absolute atomic E-state index is 4.19. The number of nitrogens with one attached hydrogen (secondary N) is 1. The summed E-state index contributed by atoms with van der Waals surface area (Å²) in [5, 5.41) is 0. The zero-order valence-electron chi connectivity index (χ0n) is 31.8. The van der Waals surface area contributed by atoms with Gasteiger partial charge in [0.25, 0.3) is 0 Å². The lowest BCUT2D eigenvalue weighted by Crippen LogP contribution is -2.32. The number of allylic oxidation sites excluding steroid dienone is 8. The minimum Gasteiger partial charge on any atom is -0.348 e. The lowest BCUT2D eigenvalue weighted by atomic mass is 9.98. The Kier molecular flexibility index (Phi) is 32.5. The number of hydrogen-bond acceptors (Lipinski definition) is 2. The predicted octanol–water partition coefficient (Wildman–Crippen LogP) is 14.0. The van der Waals surface area contributed by atoms with Gasteiger partial charge in [-0.25, -0.2) is 4.98 Å². The largest absolute Gasteiger partial charge is 0.348 e. The van der Waals surface area contributed by atoms with Gasteiger partial charge in [-0.05, 0) is 103 Å². The van der Waals surface area contributed by atoms with Crippen molar-refractivity contribution < 1.29 is 0 Å². The smallest absolute Gasteiger partial charge is 0.0921 e. The normalized spacial score (nSPS) is 12.5. The highest BCUT2D eigenvalue weighted by molar-refractivity contribution is 4.95. The van der Waals surface area contributed by atoms with Crippen LogP contribution in [0.1, 0.15) is 193 Å². The summed E-state index contributed by atoms with van der Waals surface area (Å²) in [5.41, 5.74) is 1.27. The van der Waals surface area contributed by atoms with Crippen LogP contribution in [0.3, 0.4) is 0 Å². The fourth-order valence-electron chi connectivity index (χ4n) is 6.44. The van der Waals surface area contributed by atoms with Crippen molar-refractivity contribution in [2.45, 2.75) is 200 Å². The van der Waals surface area contributed by atoms with Gasteiger partial charge in [-0.3, -0.25) is 0 Å². The molecule has 0 atom stereocenters. The van der Waals surface area contributed by atoms with Crippen LogP contribution in [-0.2, 0) is 6.42 Å². The Morgan fingerprint density at radius 3 is 1.40 bits per heavy atom. The van der Waals surface area contributed by atoms with Crippen LogP contribution >= 0.6 is 0 Å². The fraction of sp³-hybridized carbons (Fsp3) is 0.750. The molecule has 47 heavy (non-hydrogen) atoms. The molecule has 0 saturated heterocycles. The molecule has 0 aliphatic heterocycles. The number of H-pyrrole nitrogens is 1. The molecule has 1 N–H and O–H groups in total. The van der Waals surface area contributed by atoms with E-state index in [4.69, 9.17) is 0 Å². The maximum atomic E-state index is 4.19. The number of nitrogens with zero attached hydrogens (tertiary/aromatic N) is 2. The monoisotopic (exact) mass is 650 g/mol. The summed E-state index contributed by atoms with van der Waals surface area (Å²) >= 11 is 0. The van der Waals surface area contributed by atoms with Gasteiger partial charge in [-0.2, -0.15) is 0 Å². The minimum absolute atomic E-state index is 0.744. The number of aromatic amines is 1. The molecule has 3 heteroatoms. The van der Waals surface area contributed by atoms with Crippen molar-refractivity contribution in [2.24, 2.45) is 0 Å². The van der Waals surface area contributed by atoms with Crippen LogP contribution in [0, 0.1) is 0 Å². The van der Waals surface area contributed by atoms with Crippen LogP contribution in [-0.4, -0.2) is 34.5 Å². The summed E-state index contributed by atoms with van der Waals surface area (Å²) < 4.78 is 0. The van der Waals surface area contributed by atoms with Gasteiger partial charge < -0.3 is 9.88 Å². The van der Waals surface area contributed by atoms with E-state index in [1.807, 2.05) is 6.20 Å². The first-order valence-electron chi connectivity index (χ1n) is 20.5. The standard InChI is InChI=1S/C44H79N3/c1-4-6-8-10-12-14-16-18-20-22-24-26-28-30-32-34-38-44(47(3)40-36-37-43-41-45-42-46-43)39-35-33-31-29-27-25-23-21-19-17-15-13-11-9-7-5-2/h12-15,18-21,41-42,44H,4-11,16-17,22-40H2,1-3H3,(H,45,46)/b14-12-,15-13-,20-18-,21-19-. The van der Waals surface area contributed by atoms with E-state index in [1.165, 1.54) is 173 Å². The van der Waals surface area contributed by atoms with E-state index in [0.717, 1.165) is 25.3 Å². The topological polar surface area (TPSA) is 31.9 Å². The van der Waals surface area contributed by atoms with Crippen LogP contribution in [0.15, 0.2) is 61.1 Å². The molecule has 0 aromatic carbocycles. The first-order valence-corrected chi connectivity index (χ1v) is 20.5. The van der Waals surface area contributed by atoms with Crippen molar-refractivity contribution in [3.63, 3.8) is 0 Å². The summed E-state index contributed by atoms with van der Waals surface area (Å²) in [4.78, 5) is 10.1. The quantitative estimate of drug-likeness (QED) is 0.0586. The molecular formula is C44H79N3. The molecule has 270 valence electrons. The van der Waals surface area contributed by atoms with Crippen molar-refractivity contribution >= 4 is 0 Å². The molecule has 0 aliphatic carbocycles. The molecule has 0 amide bonds. The summed E-state index contributed by atoms with van der Waals surface area (Å²) in [6, 6.07) is 0.744. The van der Waals surface area contributed by atoms with E-state index >= 15 is 0 Å². The number of rotatable bonds is 35. The molecule has 0 aliphatic rings. The van der Waals surface area contributed by atoms with Gasteiger partial charge >= 0.3 is 0 Å². The number of unbranched alkanes of at least 4 members (excludes halogenated alkanes) is 18. The fourth-order valence-corrected chi connectivity index (χ4v) is 6.44. The molecule has 0 fully saturated rings. The Labute approximate surface area is 294 Å². The van der Waals surface area contributed by atoms with Crippen LogP contribution in [0.25, 0.3) is 0 Å². The summed E-state index contributed by atoms with van der Waals surface area (Å²) in [6.07, 6.45) is 59.7. The highest BCUT2D eigenvalue weighted by atomic mass is 15.1. The lowest BCUT2D eigenvalue weighted by molar-refractivity contribution is 0.207.